The van der Waals surface area contributed by atoms with E-state index in [4.69, 9.17) is 6.42 Å². The summed E-state index contributed by atoms with van der Waals surface area (Å²) in [5.74, 6) is 2.82. The average Bonchev–Trinajstić information content (AvgIpc) is 2.19. The third kappa shape index (κ3) is 2.48. The maximum atomic E-state index is 11.2. The van der Waals surface area contributed by atoms with Crippen LogP contribution in [0, 0.1) is 12.3 Å². The molecule has 1 aliphatic carbocycles. The van der Waals surface area contributed by atoms with E-state index in [0.29, 0.717) is 6.42 Å². The summed E-state index contributed by atoms with van der Waals surface area (Å²) >= 11 is 0. The van der Waals surface area contributed by atoms with E-state index >= 15 is 0 Å². The van der Waals surface area contributed by atoms with Gasteiger partial charge in [0.05, 0.1) is 0 Å². The van der Waals surface area contributed by atoms with Crippen molar-refractivity contribution in [2.75, 3.05) is 0 Å². The molecule has 0 spiro atoms. The van der Waals surface area contributed by atoms with Crippen LogP contribution in [0.15, 0.2) is 0 Å². The van der Waals surface area contributed by atoms with Gasteiger partial charge in [-0.1, -0.05) is 32.1 Å². The quantitative estimate of drug-likeness (QED) is 0.649. The molecule has 0 radical (unpaired) electrons. The third-order valence-electron chi connectivity index (χ3n) is 2.68. The Hall–Kier alpha value is -0.970. The van der Waals surface area contributed by atoms with Crippen LogP contribution < -0.4 is 5.32 Å². The monoisotopic (exact) mass is 181 g/mol. The van der Waals surface area contributed by atoms with Crippen molar-refractivity contribution < 1.29 is 6.22 Å². The van der Waals surface area contributed by atoms with E-state index in [2.05, 4.69) is 11.2 Å². The van der Waals surface area contributed by atoms with Gasteiger partial charge >= 0.3 is 0 Å². The predicted octanol–water partition coefficient (Wildman–Crippen LogP) is 2.09. The fourth-order valence-corrected chi connectivity index (χ4v) is 1.82. The van der Waals surface area contributed by atoms with Crippen molar-refractivity contribution in [3.8, 4) is 12.3 Å². The summed E-state index contributed by atoms with van der Waals surface area (Å²) < 4.78 is 0. The molecule has 1 saturated carbocycles. The first-order valence-electron chi connectivity index (χ1n) is 5.01. The summed E-state index contributed by atoms with van der Waals surface area (Å²) in [5.41, 5.74) is -0.328. The van der Waals surface area contributed by atoms with Crippen LogP contribution in [-0.2, 0) is 4.79 Å². The molecule has 0 unspecified atom stereocenters. The van der Waals surface area contributed by atoms with Gasteiger partial charge in [-0.3, -0.25) is 4.79 Å². The summed E-state index contributed by atoms with van der Waals surface area (Å²) in [7, 11) is 0. The second-order valence-electron chi connectivity index (χ2n) is 3.69. The number of nitrogens with one attached hydrogen (secondary N) is 1. The second-order valence-corrected chi connectivity index (χ2v) is 3.69. The molecule has 0 saturated heterocycles. The molecule has 74 valence electrons. The van der Waals surface area contributed by atoms with Gasteiger partial charge in [-0.25, -0.2) is 0 Å². The van der Waals surface area contributed by atoms with Crippen molar-refractivity contribution in [2.45, 2.75) is 51.0 Å². The number of carbonyl (C=O) groups is 1. The van der Waals surface area contributed by atoms with Gasteiger partial charge in [-0.2, -0.15) is 0 Å². The second kappa shape index (κ2) is 4.32. The maximum Gasteiger partial charge on any atom is 0.220 e. The number of rotatable bonds is 2. The minimum Gasteiger partial charge on any atom is -0.340 e. The van der Waals surface area contributed by atoms with Gasteiger partial charge in [-0.05, 0) is 12.8 Å². The minimum absolute atomic E-state index is 0. The lowest BCUT2D eigenvalue weighted by atomic mass is 9.82. The molecule has 0 bridgehead atoms. The predicted molar refractivity (Wildman–Crippen MR) is 55.2 cm³/mol. The molecule has 2 heteroatoms. The van der Waals surface area contributed by atoms with Crippen molar-refractivity contribution in [1.29, 1.82) is 0 Å². The molecule has 0 atom stereocenters. The molecule has 1 fully saturated rings. The molecule has 0 aromatic carbocycles. The van der Waals surface area contributed by atoms with Crippen LogP contribution in [0.2, 0.25) is 0 Å². The number of carbonyl (C=O) groups excluding carboxylic acids is 1. The maximum absolute atomic E-state index is 11.2. The molecule has 0 aliphatic heterocycles. The zero-order valence-electron chi connectivity index (χ0n) is 8.23. The molecular formula is C11H19NO. The van der Waals surface area contributed by atoms with Crippen LogP contribution >= 0.6 is 0 Å². The average molecular weight is 181 g/mol. The van der Waals surface area contributed by atoms with Gasteiger partial charge in [0.25, 0.3) is 0 Å². The lowest BCUT2D eigenvalue weighted by Crippen LogP contribution is -2.48. The van der Waals surface area contributed by atoms with E-state index in [0.717, 1.165) is 25.7 Å². The van der Waals surface area contributed by atoms with E-state index in [-0.39, 0.29) is 12.9 Å². The standard InChI is InChI=1S/C11H17NO.H2/c1-3-10(13)12-11(4-2)8-6-5-7-9-11;/h2H,3,5-9H2,1H3,(H,12,13);1H. The first-order valence-corrected chi connectivity index (χ1v) is 5.01. The van der Waals surface area contributed by atoms with E-state index in [1.54, 1.807) is 0 Å². The van der Waals surface area contributed by atoms with Gasteiger partial charge in [0.15, 0.2) is 0 Å². The van der Waals surface area contributed by atoms with Gasteiger partial charge in [0.2, 0.25) is 5.91 Å². The highest BCUT2D eigenvalue weighted by Crippen LogP contribution is 2.27. The molecule has 2 nitrogen and oxygen atoms in total. The Bertz CT molecular complexity index is 226. The van der Waals surface area contributed by atoms with Crippen LogP contribution in [0.3, 0.4) is 0 Å². The summed E-state index contributed by atoms with van der Waals surface area (Å²) in [5, 5.41) is 2.96. The number of terminal acetylenes is 1. The molecule has 1 aliphatic rings. The first-order chi connectivity index (χ1) is 6.22. The molecule has 1 N–H and O–H groups in total. The lowest BCUT2D eigenvalue weighted by molar-refractivity contribution is -0.122. The first kappa shape index (κ1) is 10.1. The van der Waals surface area contributed by atoms with Crippen LogP contribution in [0.4, 0.5) is 0 Å². The topological polar surface area (TPSA) is 29.1 Å². The molecule has 0 aromatic rings. The Morgan fingerprint density at radius 1 is 1.54 bits per heavy atom. The van der Waals surface area contributed by atoms with Crippen molar-refractivity contribution >= 4 is 5.91 Å². The summed E-state index contributed by atoms with van der Waals surface area (Å²) in [6.07, 6.45) is 11.4. The fraction of sp³-hybridized carbons (Fsp3) is 0.727. The normalized spacial score (nSPS) is 20.3. The third-order valence-corrected chi connectivity index (χ3v) is 2.68. The van der Waals surface area contributed by atoms with E-state index < -0.39 is 0 Å². The van der Waals surface area contributed by atoms with Crippen LogP contribution in [0.25, 0.3) is 0 Å². The van der Waals surface area contributed by atoms with E-state index in [1.165, 1.54) is 6.42 Å². The van der Waals surface area contributed by atoms with E-state index in [1.807, 2.05) is 6.92 Å². The summed E-state index contributed by atoms with van der Waals surface area (Å²) in [6, 6.07) is 0. The highest BCUT2D eigenvalue weighted by molar-refractivity contribution is 5.77. The molecular weight excluding hydrogens is 162 g/mol. The lowest BCUT2D eigenvalue weighted by Gasteiger charge is -2.33. The summed E-state index contributed by atoms with van der Waals surface area (Å²) in [6.45, 7) is 1.85. The Kier molecular flexibility index (Phi) is 3.36. The number of hydrogen-bond acceptors (Lipinski definition) is 1. The molecule has 1 rings (SSSR count). The van der Waals surface area contributed by atoms with Crippen molar-refractivity contribution in [3.05, 3.63) is 0 Å². The molecule has 0 heterocycles. The minimum atomic E-state index is -0.328. The smallest absolute Gasteiger partial charge is 0.220 e. The van der Waals surface area contributed by atoms with Crippen LogP contribution in [0.5, 0.6) is 0 Å². The van der Waals surface area contributed by atoms with Gasteiger partial charge in [-0.15, -0.1) is 6.42 Å². The molecule has 0 aromatic heterocycles. The number of amides is 1. The van der Waals surface area contributed by atoms with Crippen LogP contribution in [0.1, 0.15) is 46.9 Å². The SMILES string of the molecule is C#CC1(NC(=O)CC)CCCCC1.[HH]. The zero-order valence-corrected chi connectivity index (χ0v) is 8.23. The Morgan fingerprint density at radius 3 is 2.62 bits per heavy atom. The van der Waals surface area contributed by atoms with Crippen molar-refractivity contribution in [2.24, 2.45) is 0 Å². The largest absolute Gasteiger partial charge is 0.340 e. The Labute approximate surface area is 81.6 Å². The van der Waals surface area contributed by atoms with Crippen molar-refractivity contribution in [1.82, 2.24) is 5.32 Å². The highest BCUT2D eigenvalue weighted by Gasteiger charge is 2.30. The molecule has 1 amide bonds. The Balaban J connectivity index is 0.00000169. The highest BCUT2D eigenvalue weighted by atomic mass is 16.1. The van der Waals surface area contributed by atoms with Gasteiger partial charge in [0, 0.05) is 7.85 Å². The van der Waals surface area contributed by atoms with Crippen molar-refractivity contribution in [3.63, 3.8) is 0 Å². The zero-order chi connectivity index (χ0) is 9.73. The number of hydrogen-bond donors (Lipinski definition) is 1. The van der Waals surface area contributed by atoms with E-state index in [9.17, 15) is 4.79 Å². The van der Waals surface area contributed by atoms with Crippen LogP contribution in [-0.4, -0.2) is 11.4 Å². The van der Waals surface area contributed by atoms with Gasteiger partial charge in [0.1, 0.15) is 5.54 Å². The molecule has 13 heavy (non-hydrogen) atoms. The fourth-order valence-electron chi connectivity index (χ4n) is 1.82. The van der Waals surface area contributed by atoms with Gasteiger partial charge < -0.3 is 5.32 Å². The summed E-state index contributed by atoms with van der Waals surface area (Å²) in [4.78, 5) is 11.2. The Morgan fingerprint density at radius 2 is 2.15 bits per heavy atom.